The predicted molar refractivity (Wildman–Crippen MR) is 88.7 cm³/mol. The number of benzene rings is 1. The van der Waals surface area contributed by atoms with Gasteiger partial charge in [0.05, 0.1) is 4.92 Å². The molecule has 1 N–H and O–H groups in total. The average Bonchev–Trinajstić information content (AvgIpc) is 2.59. The molecule has 23 heavy (non-hydrogen) atoms. The number of anilines is 2. The van der Waals surface area contributed by atoms with Gasteiger partial charge < -0.3 is 10.2 Å². The highest BCUT2D eigenvalue weighted by Gasteiger charge is 2.28. The molecule has 1 aliphatic heterocycles. The molecule has 7 nitrogen and oxygen atoms in total. The zero-order valence-electron chi connectivity index (χ0n) is 13.0. The van der Waals surface area contributed by atoms with Crippen LogP contribution in [0.4, 0.5) is 17.3 Å². The molecule has 1 aromatic heterocycles. The predicted octanol–water partition coefficient (Wildman–Crippen LogP) is 2.77. The minimum absolute atomic E-state index is 0.0414. The molecule has 0 spiro atoms. The summed E-state index contributed by atoms with van der Waals surface area (Å²) in [6, 6.07) is 8.18. The lowest BCUT2D eigenvalue weighted by atomic mass is 10.00. The molecule has 0 aliphatic carbocycles. The van der Waals surface area contributed by atoms with Gasteiger partial charge in [-0.25, -0.2) is 9.97 Å². The third kappa shape index (κ3) is 3.08. The second kappa shape index (κ2) is 6.60. The van der Waals surface area contributed by atoms with Gasteiger partial charge in [-0.05, 0) is 24.0 Å². The van der Waals surface area contributed by atoms with Crippen molar-refractivity contribution in [3.05, 3.63) is 51.8 Å². The van der Waals surface area contributed by atoms with Crippen LogP contribution in [0.3, 0.4) is 0 Å². The second-order valence-corrected chi connectivity index (χ2v) is 5.52. The Morgan fingerprint density at radius 1 is 1.30 bits per heavy atom. The van der Waals surface area contributed by atoms with Crippen LogP contribution in [0.5, 0.6) is 0 Å². The van der Waals surface area contributed by atoms with Crippen molar-refractivity contribution < 1.29 is 4.92 Å². The van der Waals surface area contributed by atoms with Gasteiger partial charge in [-0.1, -0.05) is 31.2 Å². The van der Waals surface area contributed by atoms with Gasteiger partial charge in [0.15, 0.2) is 0 Å². The summed E-state index contributed by atoms with van der Waals surface area (Å²) in [6.45, 7) is 3.98. The molecule has 2 aromatic rings. The number of fused-ring (bicyclic) bond motifs is 1. The SMILES string of the molecule is CCCNc1ncnc(N2CCc3ccccc3C2)c1[N+](=O)[O-]. The molecule has 7 heteroatoms. The van der Waals surface area contributed by atoms with Crippen LogP contribution in [0.15, 0.2) is 30.6 Å². The van der Waals surface area contributed by atoms with Crippen molar-refractivity contribution in [2.45, 2.75) is 26.3 Å². The largest absolute Gasteiger partial charge is 0.364 e. The topological polar surface area (TPSA) is 84.2 Å². The summed E-state index contributed by atoms with van der Waals surface area (Å²) >= 11 is 0. The molecule has 0 saturated carbocycles. The minimum Gasteiger partial charge on any atom is -0.364 e. The van der Waals surface area contributed by atoms with Gasteiger partial charge in [0.2, 0.25) is 11.6 Å². The molecule has 0 unspecified atom stereocenters. The van der Waals surface area contributed by atoms with E-state index in [0.717, 1.165) is 12.8 Å². The fourth-order valence-electron chi connectivity index (χ4n) is 2.82. The molecular weight excluding hydrogens is 294 g/mol. The maximum absolute atomic E-state index is 11.6. The van der Waals surface area contributed by atoms with Crippen molar-refractivity contribution in [2.75, 3.05) is 23.3 Å². The molecule has 120 valence electrons. The average molecular weight is 313 g/mol. The van der Waals surface area contributed by atoms with Crippen molar-refractivity contribution in [3.8, 4) is 0 Å². The maximum Gasteiger partial charge on any atom is 0.353 e. The first-order valence-electron chi connectivity index (χ1n) is 7.75. The van der Waals surface area contributed by atoms with E-state index < -0.39 is 4.92 Å². The lowest BCUT2D eigenvalue weighted by molar-refractivity contribution is -0.383. The van der Waals surface area contributed by atoms with E-state index in [2.05, 4.69) is 27.4 Å². The molecule has 3 rings (SSSR count). The van der Waals surface area contributed by atoms with Crippen LogP contribution in [0, 0.1) is 10.1 Å². The Kier molecular flexibility index (Phi) is 4.36. The van der Waals surface area contributed by atoms with Crippen molar-refractivity contribution >= 4 is 17.3 Å². The first kappa shape index (κ1) is 15.2. The van der Waals surface area contributed by atoms with Crippen LogP contribution in [0.1, 0.15) is 24.5 Å². The van der Waals surface area contributed by atoms with Gasteiger partial charge in [0.1, 0.15) is 6.33 Å². The lowest BCUT2D eigenvalue weighted by Gasteiger charge is -2.29. The first-order chi connectivity index (χ1) is 11.2. The van der Waals surface area contributed by atoms with Gasteiger partial charge in [0.25, 0.3) is 0 Å². The fourth-order valence-corrected chi connectivity index (χ4v) is 2.82. The Morgan fingerprint density at radius 3 is 2.83 bits per heavy atom. The van der Waals surface area contributed by atoms with Crippen LogP contribution in [-0.2, 0) is 13.0 Å². The highest BCUT2D eigenvalue weighted by molar-refractivity contribution is 5.70. The molecule has 1 aromatic carbocycles. The Bertz CT molecular complexity index is 719. The zero-order chi connectivity index (χ0) is 16.2. The Labute approximate surface area is 134 Å². The zero-order valence-corrected chi connectivity index (χ0v) is 13.0. The van der Waals surface area contributed by atoms with Gasteiger partial charge in [-0.3, -0.25) is 10.1 Å². The monoisotopic (exact) mass is 313 g/mol. The smallest absolute Gasteiger partial charge is 0.353 e. The van der Waals surface area contributed by atoms with Crippen LogP contribution in [0.25, 0.3) is 0 Å². The second-order valence-electron chi connectivity index (χ2n) is 5.52. The summed E-state index contributed by atoms with van der Waals surface area (Å²) in [5.74, 6) is 0.679. The molecule has 2 heterocycles. The van der Waals surface area contributed by atoms with Crippen LogP contribution in [0.2, 0.25) is 0 Å². The van der Waals surface area contributed by atoms with E-state index in [0.29, 0.717) is 31.3 Å². The quantitative estimate of drug-likeness (QED) is 0.675. The molecule has 0 bridgehead atoms. The van der Waals surface area contributed by atoms with E-state index in [1.54, 1.807) is 0 Å². The van der Waals surface area contributed by atoms with Crippen LogP contribution < -0.4 is 10.2 Å². The normalized spacial score (nSPS) is 13.5. The van der Waals surface area contributed by atoms with Gasteiger partial charge in [-0.15, -0.1) is 0 Å². The third-order valence-corrected chi connectivity index (χ3v) is 3.96. The Hall–Kier alpha value is -2.70. The van der Waals surface area contributed by atoms with Gasteiger partial charge in [0, 0.05) is 19.6 Å². The molecule has 0 amide bonds. The standard InChI is InChI=1S/C16H19N5O2/c1-2-8-17-15-14(21(22)23)16(19-11-18-15)20-9-7-12-5-3-4-6-13(12)10-20/h3-6,11H,2,7-10H2,1H3,(H,17,18,19). The number of hydrogen-bond acceptors (Lipinski definition) is 6. The Balaban J connectivity index is 1.95. The van der Waals surface area contributed by atoms with E-state index in [-0.39, 0.29) is 5.69 Å². The molecule has 0 saturated heterocycles. The summed E-state index contributed by atoms with van der Waals surface area (Å²) in [7, 11) is 0. The first-order valence-corrected chi connectivity index (χ1v) is 7.75. The molecule has 0 radical (unpaired) electrons. The van der Waals surface area contributed by atoms with Crippen LogP contribution >= 0.6 is 0 Å². The summed E-state index contributed by atoms with van der Waals surface area (Å²) in [5, 5.41) is 14.6. The lowest BCUT2D eigenvalue weighted by Crippen LogP contribution is -2.31. The highest BCUT2D eigenvalue weighted by Crippen LogP contribution is 2.34. The number of rotatable bonds is 5. The molecular formula is C16H19N5O2. The highest BCUT2D eigenvalue weighted by atomic mass is 16.6. The van der Waals surface area contributed by atoms with E-state index >= 15 is 0 Å². The Morgan fingerprint density at radius 2 is 2.09 bits per heavy atom. The number of aromatic nitrogens is 2. The van der Waals surface area contributed by atoms with Gasteiger partial charge in [-0.2, -0.15) is 0 Å². The van der Waals surface area contributed by atoms with Crippen molar-refractivity contribution in [3.63, 3.8) is 0 Å². The molecule has 1 aliphatic rings. The number of nitrogens with one attached hydrogen (secondary N) is 1. The van der Waals surface area contributed by atoms with E-state index in [9.17, 15) is 10.1 Å². The van der Waals surface area contributed by atoms with E-state index in [4.69, 9.17) is 0 Å². The summed E-state index contributed by atoms with van der Waals surface area (Å²) < 4.78 is 0. The summed E-state index contributed by atoms with van der Waals surface area (Å²) in [5.41, 5.74) is 2.44. The van der Waals surface area contributed by atoms with Gasteiger partial charge >= 0.3 is 5.69 Å². The van der Waals surface area contributed by atoms with Crippen molar-refractivity contribution in [1.29, 1.82) is 0 Å². The molecule has 0 fully saturated rings. The maximum atomic E-state index is 11.6. The van der Waals surface area contributed by atoms with Crippen LogP contribution in [-0.4, -0.2) is 28.0 Å². The summed E-state index contributed by atoms with van der Waals surface area (Å²) in [6.07, 6.45) is 3.11. The van der Waals surface area contributed by atoms with Crippen molar-refractivity contribution in [2.24, 2.45) is 0 Å². The van der Waals surface area contributed by atoms with E-state index in [1.165, 1.54) is 17.5 Å². The number of nitrogens with zero attached hydrogens (tertiary/aromatic N) is 4. The molecule has 0 atom stereocenters. The summed E-state index contributed by atoms with van der Waals surface area (Å²) in [4.78, 5) is 21.4. The van der Waals surface area contributed by atoms with E-state index in [1.807, 2.05) is 24.0 Å². The fraction of sp³-hybridized carbons (Fsp3) is 0.375. The minimum atomic E-state index is -0.395. The van der Waals surface area contributed by atoms with Crippen molar-refractivity contribution in [1.82, 2.24) is 9.97 Å². The number of nitro groups is 1. The number of hydrogen-bond donors (Lipinski definition) is 1. The third-order valence-electron chi connectivity index (χ3n) is 3.96.